The van der Waals surface area contributed by atoms with Crippen molar-refractivity contribution >= 4 is 0 Å². The Bertz CT molecular complexity index is 418. The molecule has 1 aromatic rings. The highest BCUT2D eigenvalue weighted by Crippen LogP contribution is 2.30. The standard InChI is InChI=1S/C15H23NO4/c1-18-14-4-3-12(11-15(14)19-2)13(17)5-6-16-7-9-20-10-8-16/h3-4,11,13,17H,5-10H2,1-2H3. The van der Waals surface area contributed by atoms with Gasteiger partial charge in [0.25, 0.3) is 0 Å². The number of hydrogen-bond acceptors (Lipinski definition) is 5. The van der Waals surface area contributed by atoms with Gasteiger partial charge in [-0.1, -0.05) is 6.07 Å². The molecule has 0 spiro atoms. The second-order valence-electron chi connectivity index (χ2n) is 4.87. The van der Waals surface area contributed by atoms with E-state index >= 15 is 0 Å². The van der Waals surface area contributed by atoms with Crippen molar-refractivity contribution in [1.82, 2.24) is 4.90 Å². The average Bonchev–Trinajstić information content (AvgIpc) is 2.52. The van der Waals surface area contributed by atoms with E-state index in [1.165, 1.54) is 0 Å². The summed E-state index contributed by atoms with van der Waals surface area (Å²) in [4.78, 5) is 2.31. The Labute approximate surface area is 120 Å². The zero-order valence-electron chi connectivity index (χ0n) is 12.2. The first-order valence-electron chi connectivity index (χ1n) is 6.94. The third kappa shape index (κ3) is 3.85. The van der Waals surface area contributed by atoms with Gasteiger partial charge in [-0.3, -0.25) is 4.90 Å². The fraction of sp³-hybridized carbons (Fsp3) is 0.600. The van der Waals surface area contributed by atoms with Gasteiger partial charge in [-0.15, -0.1) is 0 Å². The van der Waals surface area contributed by atoms with Crippen LogP contribution in [0, 0.1) is 0 Å². The molecule has 1 heterocycles. The Hall–Kier alpha value is -1.30. The van der Waals surface area contributed by atoms with Crippen LogP contribution in [0.25, 0.3) is 0 Å². The monoisotopic (exact) mass is 281 g/mol. The first-order chi connectivity index (χ1) is 9.74. The molecule has 0 radical (unpaired) electrons. The van der Waals surface area contributed by atoms with Crippen LogP contribution in [0.2, 0.25) is 0 Å². The molecule has 5 heteroatoms. The van der Waals surface area contributed by atoms with E-state index in [-0.39, 0.29) is 0 Å². The molecule has 0 aromatic heterocycles. The van der Waals surface area contributed by atoms with Crippen LogP contribution < -0.4 is 9.47 Å². The van der Waals surface area contributed by atoms with E-state index in [1.54, 1.807) is 14.2 Å². The van der Waals surface area contributed by atoms with E-state index in [9.17, 15) is 5.11 Å². The summed E-state index contributed by atoms with van der Waals surface area (Å²) in [6.07, 6.45) is 0.216. The topological polar surface area (TPSA) is 51.2 Å². The average molecular weight is 281 g/mol. The van der Waals surface area contributed by atoms with Crippen LogP contribution in [-0.2, 0) is 4.74 Å². The van der Waals surface area contributed by atoms with Gasteiger partial charge in [0.15, 0.2) is 11.5 Å². The maximum atomic E-state index is 10.3. The van der Waals surface area contributed by atoms with Crippen molar-refractivity contribution in [1.29, 1.82) is 0 Å². The van der Waals surface area contributed by atoms with Crippen LogP contribution in [0.5, 0.6) is 11.5 Å². The summed E-state index contributed by atoms with van der Waals surface area (Å²) in [6.45, 7) is 4.33. The van der Waals surface area contributed by atoms with E-state index in [4.69, 9.17) is 14.2 Å². The van der Waals surface area contributed by atoms with Gasteiger partial charge in [0.05, 0.1) is 33.5 Å². The Balaban J connectivity index is 1.92. The summed E-state index contributed by atoms with van der Waals surface area (Å²) in [5.74, 6) is 1.33. The van der Waals surface area contributed by atoms with Crippen LogP contribution in [0.4, 0.5) is 0 Å². The number of hydrogen-bond donors (Lipinski definition) is 1. The number of ether oxygens (including phenoxy) is 3. The molecule has 1 atom stereocenters. The number of methoxy groups -OCH3 is 2. The van der Waals surface area contributed by atoms with Gasteiger partial charge in [0.2, 0.25) is 0 Å². The molecule has 1 aliphatic rings. The molecule has 1 fully saturated rings. The number of benzene rings is 1. The van der Waals surface area contributed by atoms with Gasteiger partial charge in [0.1, 0.15) is 0 Å². The highest BCUT2D eigenvalue weighted by atomic mass is 16.5. The molecule has 2 rings (SSSR count). The lowest BCUT2D eigenvalue weighted by Gasteiger charge is -2.27. The lowest BCUT2D eigenvalue weighted by Crippen LogP contribution is -2.37. The van der Waals surface area contributed by atoms with Crippen LogP contribution in [0.1, 0.15) is 18.1 Å². The van der Waals surface area contributed by atoms with Crippen molar-refractivity contribution in [2.75, 3.05) is 47.1 Å². The van der Waals surface area contributed by atoms with Gasteiger partial charge in [-0.05, 0) is 24.1 Å². The van der Waals surface area contributed by atoms with E-state index in [0.717, 1.165) is 38.4 Å². The smallest absolute Gasteiger partial charge is 0.161 e. The van der Waals surface area contributed by atoms with Crippen LogP contribution >= 0.6 is 0 Å². The lowest BCUT2D eigenvalue weighted by atomic mass is 10.1. The van der Waals surface area contributed by atoms with E-state index < -0.39 is 6.10 Å². The largest absolute Gasteiger partial charge is 0.493 e. The maximum absolute atomic E-state index is 10.3. The molecule has 1 aromatic carbocycles. The van der Waals surface area contributed by atoms with Crippen molar-refractivity contribution in [3.63, 3.8) is 0 Å². The van der Waals surface area contributed by atoms with Crippen molar-refractivity contribution < 1.29 is 19.3 Å². The molecular weight excluding hydrogens is 258 g/mol. The SMILES string of the molecule is COc1ccc(C(O)CCN2CCOCC2)cc1OC. The summed E-state index contributed by atoms with van der Waals surface area (Å²) in [6, 6.07) is 5.54. The number of aliphatic hydroxyl groups excluding tert-OH is 1. The third-order valence-corrected chi connectivity index (χ3v) is 3.61. The zero-order valence-corrected chi connectivity index (χ0v) is 12.2. The zero-order chi connectivity index (χ0) is 14.4. The minimum absolute atomic E-state index is 0.488. The summed E-state index contributed by atoms with van der Waals surface area (Å²) in [5, 5.41) is 10.3. The molecule has 112 valence electrons. The molecular formula is C15H23NO4. The first-order valence-corrected chi connectivity index (χ1v) is 6.94. The molecule has 1 N–H and O–H groups in total. The minimum atomic E-state index is -0.488. The quantitative estimate of drug-likeness (QED) is 0.855. The van der Waals surface area contributed by atoms with Crippen LogP contribution in [-0.4, -0.2) is 57.1 Å². The number of morpholine rings is 1. The molecule has 1 aliphatic heterocycles. The fourth-order valence-electron chi connectivity index (χ4n) is 2.36. The number of nitrogens with zero attached hydrogens (tertiary/aromatic N) is 1. The predicted octanol–water partition coefficient (Wildman–Crippen LogP) is 1.46. The molecule has 20 heavy (non-hydrogen) atoms. The van der Waals surface area contributed by atoms with Gasteiger partial charge in [0, 0.05) is 19.6 Å². The highest BCUT2D eigenvalue weighted by Gasteiger charge is 2.15. The van der Waals surface area contributed by atoms with Crippen molar-refractivity contribution in [3.8, 4) is 11.5 Å². The normalized spacial score (nSPS) is 17.8. The van der Waals surface area contributed by atoms with Crippen molar-refractivity contribution in [2.24, 2.45) is 0 Å². The fourth-order valence-corrected chi connectivity index (χ4v) is 2.36. The van der Waals surface area contributed by atoms with E-state index in [2.05, 4.69) is 4.90 Å². The number of rotatable bonds is 6. The second kappa shape index (κ2) is 7.47. The first kappa shape index (κ1) is 15.1. The minimum Gasteiger partial charge on any atom is -0.493 e. The van der Waals surface area contributed by atoms with Crippen LogP contribution in [0.3, 0.4) is 0 Å². The molecule has 1 saturated heterocycles. The van der Waals surface area contributed by atoms with Crippen molar-refractivity contribution in [2.45, 2.75) is 12.5 Å². The summed E-state index contributed by atoms with van der Waals surface area (Å²) in [7, 11) is 3.20. The van der Waals surface area contributed by atoms with Gasteiger partial charge < -0.3 is 19.3 Å². The van der Waals surface area contributed by atoms with E-state index in [1.807, 2.05) is 18.2 Å². The number of aliphatic hydroxyl groups is 1. The molecule has 0 saturated carbocycles. The Morgan fingerprint density at radius 2 is 1.90 bits per heavy atom. The maximum Gasteiger partial charge on any atom is 0.161 e. The molecule has 0 aliphatic carbocycles. The Kier molecular flexibility index (Phi) is 5.64. The van der Waals surface area contributed by atoms with Gasteiger partial charge in [-0.25, -0.2) is 0 Å². The summed E-state index contributed by atoms with van der Waals surface area (Å²) >= 11 is 0. The molecule has 0 amide bonds. The Morgan fingerprint density at radius 1 is 1.20 bits per heavy atom. The Morgan fingerprint density at radius 3 is 2.55 bits per heavy atom. The molecule has 1 unspecified atom stereocenters. The summed E-state index contributed by atoms with van der Waals surface area (Å²) < 4.78 is 15.8. The van der Waals surface area contributed by atoms with Crippen molar-refractivity contribution in [3.05, 3.63) is 23.8 Å². The second-order valence-corrected chi connectivity index (χ2v) is 4.87. The van der Waals surface area contributed by atoms with Crippen LogP contribution in [0.15, 0.2) is 18.2 Å². The van der Waals surface area contributed by atoms with E-state index in [0.29, 0.717) is 17.9 Å². The third-order valence-electron chi connectivity index (χ3n) is 3.61. The summed E-state index contributed by atoms with van der Waals surface area (Å²) in [5.41, 5.74) is 0.857. The lowest BCUT2D eigenvalue weighted by molar-refractivity contribution is 0.0300. The predicted molar refractivity (Wildman–Crippen MR) is 76.4 cm³/mol. The highest BCUT2D eigenvalue weighted by molar-refractivity contribution is 5.43. The molecule has 5 nitrogen and oxygen atoms in total. The molecule has 0 bridgehead atoms. The van der Waals surface area contributed by atoms with Gasteiger partial charge in [-0.2, -0.15) is 0 Å². The van der Waals surface area contributed by atoms with Gasteiger partial charge >= 0.3 is 0 Å².